The van der Waals surface area contributed by atoms with Gasteiger partial charge in [-0.3, -0.25) is 4.79 Å². The van der Waals surface area contributed by atoms with Gasteiger partial charge in [-0.05, 0) is 63.1 Å². The van der Waals surface area contributed by atoms with E-state index in [1.165, 1.54) is 4.31 Å². The van der Waals surface area contributed by atoms with Gasteiger partial charge < -0.3 is 4.74 Å². The number of hydrogen-bond donors (Lipinski definition) is 0. The second-order valence-electron chi connectivity index (χ2n) is 7.09. The normalized spacial score (nSPS) is 18.4. The van der Waals surface area contributed by atoms with Gasteiger partial charge in [0.2, 0.25) is 10.0 Å². The second-order valence-corrected chi connectivity index (χ2v) is 9.58. The van der Waals surface area contributed by atoms with Crippen LogP contribution in [0.5, 0.6) is 11.5 Å². The van der Waals surface area contributed by atoms with Crippen molar-refractivity contribution >= 4 is 15.8 Å². The van der Waals surface area contributed by atoms with Crippen molar-refractivity contribution in [3.8, 4) is 11.5 Å². The Balaban J connectivity index is 1.68. The Morgan fingerprint density at radius 1 is 1.04 bits per heavy atom. The molecule has 0 bridgehead atoms. The molecule has 2 aromatic carbocycles. The number of Topliss-reactive ketones (excluding diaryl/α,β-unsaturated/α-hetero) is 1. The quantitative estimate of drug-likeness (QED) is 0.700. The Morgan fingerprint density at radius 2 is 1.67 bits per heavy atom. The molecule has 1 aliphatic heterocycles. The molecule has 0 aromatic heterocycles. The predicted molar refractivity (Wildman–Crippen MR) is 106 cm³/mol. The third-order valence-corrected chi connectivity index (χ3v) is 7.07. The summed E-state index contributed by atoms with van der Waals surface area (Å²) < 4.78 is 32.0. The number of hydrogen-bond acceptors (Lipinski definition) is 4. The van der Waals surface area contributed by atoms with E-state index in [0.29, 0.717) is 30.7 Å². The molecule has 0 saturated carbocycles. The number of para-hydroxylation sites is 1. The first-order chi connectivity index (χ1) is 12.9. The van der Waals surface area contributed by atoms with E-state index in [4.69, 9.17) is 4.74 Å². The number of sulfonamides is 1. The van der Waals surface area contributed by atoms with Crippen molar-refractivity contribution in [3.05, 3.63) is 60.2 Å². The van der Waals surface area contributed by atoms with Crippen LogP contribution in [0.2, 0.25) is 0 Å². The van der Waals surface area contributed by atoms with Crippen LogP contribution in [0.4, 0.5) is 0 Å². The minimum Gasteiger partial charge on any atom is -0.457 e. The van der Waals surface area contributed by atoms with Crippen LogP contribution >= 0.6 is 0 Å². The zero-order valence-electron chi connectivity index (χ0n) is 15.7. The number of ether oxygens (including phenoxy) is 1. The van der Waals surface area contributed by atoms with Crippen LogP contribution in [-0.2, 0) is 10.0 Å². The van der Waals surface area contributed by atoms with E-state index in [-0.39, 0.29) is 18.2 Å². The lowest BCUT2D eigenvalue weighted by molar-refractivity contribution is 0.0872. The monoisotopic (exact) mass is 387 g/mol. The average molecular weight is 388 g/mol. The zero-order chi connectivity index (χ0) is 19.4. The molecule has 5 nitrogen and oxygen atoms in total. The molecule has 3 rings (SSSR count). The second kappa shape index (κ2) is 8.23. The van der Waals surface area contributed by atoms with Crippen LogP contribution in [0.25, 0.3) is 0 Å². The van der Waals surface area contributed by atoms with Crippen molar-refractivity contribution in [1.82, 2.24) is 4.31 Å². The SMILES string of the molecule is CC(C)S(=O)(=O)N1CCC[C@@H](C(=O)c2ccc(Oc3ccccc3)cc2)C1. The maximum absolute atomic E-state index is 12.8. The van der Waals surface area contributed by atoms with Crippen molar-refractivity contribution in [1.29, 1.82) is 0 Å². The van der Waals surface area contributed by atoms with E-state index in [2.05, 4.69) is 0 Å². The summed E-state index contributed by atoms with van der Waals surface area (Å²) >= 11 is 0. The highest BCUT2D eigenvalue weighted by Crippen LogP contribution is 2.26. The van der Waals surface area contributed by atoms with E-state index in [1.807, 2.05) is 30.3 Å². The summed E-state index contributed by atoms with van der Waals surface area (Å²) in [5.74, 6) is 1.09. The van der Waals surface area contributed by atoms with Gasteiger partial charge in [0.15, 0.2) is 5.78 Å². The molecule has 0 N–H and O–H groups in total. The van der Waals surface area contributed by atoms with Crippen molar-refractivity contribution in [2.45, 2.75) is 31.9 Å². The largest absolute Gasteiger partial charge is 0.457 e. The Morgan fingerprint density at radius 3 is 2.30 bits per heavy atom. The highest BCUT2D eigenvalue weighted by Gasteiger charge is 2.34. The Hall–Kier alpha value is -2.18. The molecule has 27 heavy (non-hydrogen) atoms. The van der Waals surface area contributed by atoms with E-state index in [1.54, 1.807) is 38.1 Å². The van der Waals surface area contributed by atoms with Crippen LogP contribution in [-0.4, -0.2) is 36.8 Å². The summed E-state index contributed by atoms with van der Waals surface area (Å²) in [6.07, 6.45) is 1.42. The molecule has 0 amide bonds. The lowest BCUT2D eigenvalue weighted by Crippen LogP contribution is -2.44. The fourth-order valence-corrected chi connectivity index (χ4v) is 4.60. The van der Waals surface area contributed by atoms with E-state index in [9.17, 15) is 13.2 Å². The van der Waals surface area contributed by atoms with Crippen molar-refractivity contribution in [2.75, 3.05) is 13.1 Å². The summed E-state index contributed by atoms with van der Waals surface area (Å²) in [5, 5.41) is -0.472. The van der Waals surface area contributed by atoms with E-state index >= 15 is 0 Å². The lowest BCUT2D eigenvalue weighted by atomic mass is 9.91. The molecule has 0 radical (unpaired) electrons. The van der Waals surface area contributed by atoms with Gasteiger partial charge >= 0.3 is 0 Å². The molecular weight excluding hydrogens is 362 g/mol. The molecule has 0 unspecified atom stereocenters. The van der Waals surface area contributed by atoms with Gasteiger partial charge in [-0.1, -0.05) is 18.2 Å². The molecule has 144 valence electrons. The molecule has 0 aliphatic carbocycles. The van der Waals surface area contributed by atoms with Crippen LogP contribution in [0.3, 0.4) is 0 Å². The van der Waals surface area contributed by atoms with Gasteiger partial charge in [0.25, 0.3) is 0 Å². The van der Waals surface area contributed by atoms with Crippen molar-refractivity contribution in [3.63, 3.8) is 0 Å². The first kappa shape index (κ1) is 19.6. The van der Waals surface area contributed by atoms with Gasteiger partial charge in [-0.25, -0.2) is 12.7 Å². The highest BCUT2D eigenvalue weighted by atomic mass is 32.2. The number of nitrogens with zero attached hydrogens (tertiary/aromatic N) is 1. The molecular formula is C21H25NO4S. The van der Waals surface area contributed by atoms with Crippen LogP contribution in [0, 0.1) is 5.92 Å². The third kappa shape index (κ3) is 4.57. The lowest BCUT2D eigenvalue weighted by Gasteiger charge is -2.32. The minimum atomic E-state index is -3.33. The van der Waals surface area contributed by atoms with Crippen LogP contribution in [0.1, 0.15) is 37.0 Å². The topological polar surface area (TPSA) is 63.7 Å². The standard InChI is InChI=1S/C21H25NO4S/c1-16(2)27(24,25)22-14-6-7-18(15-22)21(23)17-10-12-20(13-11-17)26-19-8-4-3-5-9-19/h3-5,8-13,16,18H,6-7,14-15H2,1-2H3/t18-/m1/s1. The maximum Gasteiger partial charge on any atom is 0.216 e. The van der Waals surface area contributed by atoms with Crippen molar-refractivity contribution < 1.29 is 17.9 Å². The Kier molecular flexibility index (Phi) is 5.97. The number of carbonyl (C=O) groups excluding carboxylic acids is 1. The molecule has 1 saturated heterocycles. The summed E-state index contributed by atoms with van der Waals surface area (Å²) in [4.78, 5) is 12.8. The third-order valence-electron chi connectivity index (χ3n) is 4.83. The number of carbonyl (C=O) groups is 1. The molecule has 1 fully saturated rings. The van der Waals surface area contributed by atoms with Gasteiger partial charge in [0.1, 0.15) is 11.5 Å². The average Bonchev–Trinajstić information content (AvgIpc) is 2.69. The van der Waals surface area contributed by atoms with Gasteiger partial charge in [0, 0.05) is 24.6 Å². The first-order valence-electron chi connectivity index (χ1n) is 9.24. The zero-order valence-corrected chi connectivity index (χ0v) is 16.5. The Bertz CT molecular complexity index is 876. The predicted octanol–water partition coefficient (Wildman–Crippen LogP) is 4.11. The summed E-state index contributed by atoms with van der Waals surface area (Å²) in [7, 11) is -3.33. The van der Waals surface area contributed by atoms with Crippen molar-refractivity contribution in [2.24, 2.45) is 5.92 Å². The number of ketones is 1. The summed E-state index contributed by atoms with van der Waals surface area (Å²) in [5.41, 5.74) is 0.587. The fourth-order valence-electron chi connectivity index (χ4n) is 3.23. The molecule has 1 aliphatic rings. The maximum atomic E-state index is 12.8. The highest BCUT2D eigenvalue weighted by molar-refractivity contribution is 7.89. The van der Waals surface area contributed by atoms with Gasteiger partial charge in [-0.15, -0.1) is 0 Å². The Labute approximate surface area is 161 Å². The number of benzene rings is 2. The minimum absolute atomic E-state index is 0.00934. The summed E-state index contributed by atoms with van der Waals surface area (Å²) in [6, 6.07) is 16.5. The molecule has 1 atom stereocenters. The summed E-state index contributed by atoms with van der Waals surface area (Å²) in [6.45, 7) is 4.11. The molecule has 6 heteroatoms. The van der Waals surface area contributed by atoms with Gasteiger partial charge in [0.05, 0.1) is 5.25 Å². The van der Waals surface area contributed by atoms with E-state index in [0.717, 1.165) is 5.75 Å². The number of piperidine rings is 1. The number of rotatable bonds is 6. The van der Waals surface area contributed by atoms with Crippen LogP contribution in [0.15, 0.2) is 54.6 Å². The van der Waals surface area contributed by atoms with Crippen LogP contribution < -0.4 is 4.74 Å². The van der Waals surface area contributed by atoms with E-state index < -0.39 is 15.3 Å². The fraction of sp³-hybridized carbons (Fsp3) is 0.381. The molecule has 2 aromatic rings. The molecule has 1 heterocycles. The smallest absolute Gasteiger partial charge is 0.216 e. The van der Waals surface area contributed by atoms with Gasteiger partial charge in [-0.2, -0.15) is 0 Å². The first-order valence-corrected chi connectivity index (χ1v) is 10.7. The molecule has 0 spiro atoms.